The van der Waals surface area contributed by atoms with Crippen LogP contribution in [-0.4, -0.2) is 5.78 Å². The van der Waals surface area contributed by atoms with Gasteiger partial charge in [-0.3, -0.25) is 4.79 Å². The van der Waals surface area contributed by atoms with E-state index in [4.69, 9.17) is 0 Å². The van der Waals surface area contributed by atoms with Gasteiger partial charge in [0.05, 0.1) is 11.3 Å². The highest BCUT2D eigenvalue weighted by Crippen LogP contribution is 2.11. The lowest BCUT2D eigenvalue weighted by Gasteiger charge is -2.05. The van der Waals surface area contributed by atoms with Gasteiger partial charge in [0.15, 0.2) is 11.5 Å². The lowest BCUT2D eigenvalue weighted by atomic mass is 10.1. The number of ketones is 1. The fourth-order valence-electron chi connectivity index (χ4n) is 1.48. The van der Waals surface area contributed by atoms with Crippen LogP contribution in [0.3, 0.4) is 0 Å². The largest absolute Gasteiger partial charge is 0.618 e. The summed E-state index contributed by atoms with van der Waals surface area (Å²) >= 11 is 1.40. The van der Waals surface area contributed by atoms with Crippen molar-refractivity contribution in [3.8, 4) is 0 Å². The van der Waals surface area contributed by atoms with Crippen molar-refractivity contribution in [3.63, 3.8) is 0 Å². The van der Waals surface area contributed by atoms with Gasteiger partial charge < -0.3 is 5.21 Å². The molecule has 82 valence electrons. The second-order valence-electron chi connectivity index (χ2n) is 3.53. The van der Waals surface area contributed by atoms with Crippen LogP contribution in [0.2, 0.25) is 0 Å². The van der Waals surface area contributed by atoms with Gasteiger partial charge in [-0.05, 0) is 17.5 Å². The smallest absolute Gasteiger partial charge is 0.200 e. The molecule has 2 heterocycles. The summed E-state index contributed by atoms with van der Waals surface area (Å²) in [5.74, 6) is -0.00907. The van der Waals surface area contributed by atoms with E-state index < -0.39 is 0 Å². The average molecular weight is 233 g/mol. The molecule has 0 aliphatic carbocycles. The summed E-state index contributed by atoms with van der Waals surface area (Å²) in [6.07, 6.45) is 0.158. The molecular weight excluding hydrogens is 222 g/mol. The number of rotatable bonds is 3. The lowest BCUT2D eigenvalue weighted by Crippen LogP contribution is -2.36. The number of Topliss-reactive ketones (excluding diaryl/α,β-unsaturated/α-hetero) is 1. The van der Waals surface area contributed by atoms with Crippen molar-refractivity contribution in [2.75, 3.05) is 0 Å². The Bertz CT molecular complexity index is 506. The van der Waals surface area contributed by atoms with Gasteiger partial charge in [0, 0.05) is 19.1 Å². The van der Waals surface area contributed by atoms with E-state index in [0.717, 1.165) is 4.73 Å². The minimum atomic E-state index is -0.00907. The maximum absolute atomic E-state index is 11.8. The number of aromatic nitrogens is 1. The summed E-state index contributed by atoms with van der Waals surface area (Å²) in [6.45, 7) is 1.73. The Hall–Kier alpha value is -1.68. The first-order chi connectivity index (χ1) is 7.68. The summed E-state index contributed by atoms with van der Waals surface area (Å²) in [5, 5.41) is 13.5. The van der Waals surface area contributed by atoms with Gasteiger partial charge >= 0.3 is 0 Å². The van der Waals surface area contributed by atoms with Gasteiger partial charge in [0.1, 0.15) is 0 Å². The highest BCUT2D eigenvalue weighted by atomic mass is 32.1. The highest BCUT2D eigenvalue weighted by molar-refractivity contribution is 7.12. The minimum Gasteiger partial charge on any atom is -0.618 e. The fraction of sp³-hybridized carbons (Fsp3) is 0.167. The first kappa shape index (κ1) is 10.8. The van der Waals surface area contributed by atoms with Gasteiger partial charge in [-0.25, -0.2) is 0 Å². The van der Waals surface area contributed by atoms with Gasteiger partial charge in [-0.1, -0.05) is 6.07 Å². The van der Waals surface area contributed by atoms with E-state index in [0.29, 0.717) is 16.3 Å². The zero-order valence-corrected chi connectivity index (χ0v) is 9.66. The predicted octanol–water partition coefficient (Wildman–Crippen LogP) is 2.12. The van der Waals surface area contributed by atoms with Crippen molar-refractivity contribution in [2.45, 2.75) is 13.3 Å². The zero-order valence-electron chi connectivity index (χ0n) is 8.84. The molecule has 0 fully saturated rings. The molecule has 2 rings (SSSR count). The van der Waals surface area contributed by atoms with E-state index in [1.54, 1.807) is 31.2 Å². The second kappa shape index (κ2) is 4.45. The molecule has 0 aliphatic rings. The summed E-state index contributed by atoms with van der Waals surface area (Å²) in [5.41, 5.74) is 1.11. The van der Waals surface area contributed by atoms with Crippen LogP contribution in [0.4, 0.5) is 0 Å². The van der Waals surface area contributed by atoms with E-state index in [2.05, 4.69) is 0 Å². The van der Waals surface area contributed by atoms with Crippen molar-refractivity contribution in [1.29, 1.82) is 0 Å². The van der Waals surface area contributed by atoms with E-state index in [1.807, 2.05) is 11.4 Å². The molecule has 0 saturated heterocycles. The van der Waals surface area contributed by atoms with Crippen LogP contribution in [0.5, 0.6) is 0 Å². The van der Waals surface area contributed by atoms with E-state index in [-0.39, 0.29) is 12.2 Å². The number of pyridine rings is 1. The molecule has 2 aromatic rings. The molecule has 0 aliphatic heterocycles. The number of thiophene rings is 1. The molecule has 3 nitrogen and oxygen atoms in total. The molecule has 0 saturated carbocycles. The summed E-state index contributed by atoms with van der Waals surface area (Å²) in [4.78, 5) is 12.5. The van der Waals surface area contributed by atoms with Crippen LogP contribution in [0, 0.1) is 12.1 Å². The number of hydrogen-bond acceptors (Lipinski definition) is 3. The first-order valence-electron chi connectivity index (χ1n) is 4.93. The Morgan fingerprint density at radius 2 is 2.19 bits per heavy atom. The molecule has 0 unspecified atom stereocenters. The number of hydrogen-bond donors (Lipinski definition) is 0. The Balaban J connectivity index is 2.22. The summed E-state index contributed by atoms with van der Waals surface area (Å²) < 4.78 is 0.811. The Kier molecular flexibility index (Phi) is 3.01. The third-order valence-corrected chi connectivity index (χ3v) is 3.26. The van der Waals surface area contributed by atoms with Crippen molar-refractivity contribution >= 4 is 17.1 Å². The molecule has 0 radical (unpaired) electrons. The van der Waals surface area contributed by atoms with Crippen LogP contribution in [0.25, 0.3) is 0 Å². The zero-order chi connectivity index (χ0) is 11.5. The average Bonchev–Trinajstić information content (AvgIpc) is 2.78. The normalized spacial score (nSPS) is 10.3. The van der Waals surface area contributed by atoms with Crippen LogP contribution >= 0.6 is 11.3 Å². The van der Waals surface area contributed by atoms with Crippen LogP contribution < -0.4 is 4.73 Å². The van der Waals surface area contributed by atoms with E-state index in [9.17, 15) is 10.0 Å². The number of carbonyl (C=O) groups excluding carboxylic acids is 1. The number of nitrogens with zero attached hydrogens (tertiary/aromatic N) is 1. The second-order valence-corrected chi connectivity index (χ2v) is 4.48. The van der Waals surface area contributed by atoms with Gasteiger partial charge in [0.2, 0.25) is 5.69 Å². The Labute approximate surface area is 97.6 Å². The topological polar surface area (TPSA) is 44.0 Å². The standard InChI is InChI=1S/C12H11NO2S/c1-9-4-2-5-10(13(9)15)8-11(14)12-6-3-7-16-12/h2-7H,8H2,1H3. The lowest BCUT2D eigenvalue weighted by molar-refractivity contribution is -0.620. The quantitative estimate of drug-likeness (QED) is 0.463. The van der Waals surface area contributed by atoms with Crippen molar-refractivity contribution in [2.24, 2.45) is 0 Å². The molecule has 16 heavy (non-hydrogen) atoms. The van der Waals surface area contributed by atoms with E-state index in [1.165, 1.54) is 11.3 Å². The first-order valence-corrected chi connectivity index (χ1v) is 5.81. The molecule has 2 aromatic heterocycles. The van der Waals surface area contributed by atoms with Crippen molar-refractivity contribution in [1.82, 2.24) is 0 Å². The molecule has 0 bridgehead atoms. The van der Waals surface area contributed by atoms with Crippen molar-refractivity contribution < 1.29 is 9.52 Å². The van der Waals surface area contributed by atoms with E-state index >= 15 is 0 Å². The maximum Gasteiger partial charge on any atom is 0.200 e. The molecule has 0 spiro atoms. The van der Waals surface area contributed by atoms with Crippen LogP contribution in [0.15, 0.2) is 35.7 Å². The highest BCUT2D eigenvalue weighted by Gasteiger charge is 2.14. The Morgan fingerprint density at radius 3 is 2.88 bits per heavy atom. The monoisotopic (exact) mass is 233 g/mol. The molecule has 4 heteroatoms. The molecule has 0 N–H and O–H groups in total. The third kappa shape index (κ3) is 2.12. The molecular formula is C12H11NO2S. The van der Waals surface area contributed by atoms with Crippen LogP contribution in [-0.2, 0) is 6.42 Å². The SMILES string of the molecule is Cc1cccc(CC(=O)c2cccs2)[n+]1[O-]. The van der Waals surface area contributed by atoms with Gasteiger partial charge in [-0.15, -0.1) is 11.3 Å². The fourth-order valence-corrected chi connectivity index (χ4v) is 2.14. The Morgan fingerprint density at radius 1 is 1.38 bits per heavy atom. The minimum absolute atomic E-state index is 0.00907. The molecule has 0 atom stereocenters. The summed E-state index contributed by atoms with van der Waals surface area (Å²) in [6, 6.07) is 8.82. The summed E-state index contributed by atoms with van der Waals surface area (Å²) in [7, 11) is 0. The van der Waals surface area contributed by atoms with Gasteiger partial charge in [0.25, 0.3) is 0 Å². The predicted molar refractivity (Wildman–Crippen MR) is 62.5 cm³/mol. The third-order valence-electron chi connectivity index (χ3n) is 2.34. The number of carbonyl (C=O) groups is 1. The van der Waals surface area contributed by atoms with Gasteiger partial charge in [-0.2, -0.15) is 4.73 Å². The molecule has 0 amide bonds. The maximum atomic E-state index is 11.8. The van der Waals surface area contributed by atoms with Crippen molar-refractivity contribution in [3.05, 3.63) is 57.2 Å². The van der Waals surface area contributed by atoms with Crippen LogP contribution in [0.1, 0.15) is 21.1 Å². The number of aryl methyl sites for hydroxylation is 1. The molecule has 0 aromatic carbocycles.